The average molecular weight is 291 g/mol. The number of halogens is 11. The third-order valence-electron chi connectivity index (χ3n) is 0.569. The van der Waals surface area contributed by atoms with Gasteiger partial charge in [-0.25, -0.2) is 8.78 Å². The van der Waals surface area contributed by atoms with Gasteiger partial charge in [-0.3, -0.25) is 0 Å². The summed E-state index contributed by atoms with van der Waals surface area (Å²) in [5, 5.41) is 0. The first kappa shape index (κ1) is 17.3. The average Bonchev–Trinajstić information content (AvgIpc) is 1.80. The summed E-state index contributed by atoms with van der Waals surface area (Å²) in [7, 11) is 0. The standard InChI is InChI=1S/C2Cl2F4.C2HF5/c3-1(4,5)2(6,7)8;3-1(4)2(5,6)7/h;1H. The Morgan fingerprint density at radius 2 is 0.867 bits per heavy atom. The van der Waals surface area contributed by atoms with Crippen LogP contribution in [0.25, 0.3) is 0 Å². The lowest BCUT2D eigenvalue weighted by molar-refractivity contribution is -0.219. The van der Waals surface area contributed by atoms with Crippen molar-refractivity contribution >= 4 is 23.2 Å². The molecule has 0 aromatic rings. The lowest BCUT2D eigenvalue weighted by Gasteiger charge is -2.11. The van der Waals surface area contributed by atoms with Crippen molar-refractivity contribution < 1.29 is 39.5 Å². The van der Waals surface area contributed by atoms with Crippen molar-refractivity contribution in [3.05, 3.63) is 0 Å². The monoisotopic (exact) mass is 290 g/mol. The Bertz CT molecular complexity index is 162. The van der Waals surface area contributed by atoms with Crippen LogP contribution in [0.3, 0.4) is 0 Å². The van der Waals surface area contributed by atoms with Gasteiger partial charge in [0.05, 0.1) is 0 Å². The van der Waals surface area contributed by atoms with Crippen LogP contribution in [0.4, 0.5) is 39.5 Å². The van der Waals surface area contributed by atoms with Crippen LogP contribution in [0.5, 0.6) is 0 Å². The van der Waals surface area contributed by atoms with Gasteiger partial charge in [0.1, 0.15) is 0 Å². The van der Waals surface area contributed by atoms with Gasteiger partial charge >= 0.3 is 23.4 Å². The van der Waals surface area contributed by atoms with E-state index in [0.29, 0.717) is 0 Å². The molecule has 0 aliphatic carbocycles. The fourth-order valence-electron chi connectivity index (χ4n) is 0. The highest BCUT2D eigenvalue weighted by Gasteiger charge is 2.53. The summed E-state index contributed by atoms with van der Waals surface area (Å²) in [6.07, 6.45) is -14.7. The highest BCUT2D eigenvalue weighted by atomic mass is 35.5. The van der Waals surface area contributed by atoms with Crippen molar-refractivity contribution in [1.82, 2.24) is 0 Å². The Hall–Kier alpha value is -0.0500. The molecule has 0 rings (SSSR count). The minimum absolute atomic E-state index is 3.98. The molecule has 0 radical (unpaired) electrons. The molecule has 0 aliphatic heterocycles. The van der Waals surface area contributed by atoms with E-state index in [0.717, 1.165) is 0 Å². The van der Waals surface area contributed by atoms with Gasteiger partial charge in [0.2, 0.25) is 0 Å². The lowest BCUT2D eigenvalue weighted by Crippen LogP contribution is -2.28. The molecule has 0 unspecified atom stereocenters. The summed E-state index contributed by atoms with van der Waals surface area (Å²) in [6.45, 7) is 0. The molecule has 0 amide bonds. The maximum absolute atomic E-state index is 11.3. The van der Waals surface area contributed by atoms with Gasteiger partial charge < -0.3 is 0 Å². The smallest absolute Gasteiger partial charge is 0.200 e. The second kappa shape index (κ2) is 5.33. The van der Waals surface area contributed by atoms with Crippen LogP contribution in [0.15, 0.2) is 0 Å². The van der Waals surface area contributed by atoms with Gasteiger partial charge in [0, 0.05) is 0 Å². The van der Waals surface area contributed by atoms with Crippen molar-refractivity contribution in [3.63, 3.8) is 0 Å². The predicted molar refractivity (Wildman–Crippen MR) is 33.7 cm³/mol. The van der Waals surface area contributed by atoms with Crippen LogP contribution < -0.4 is 0 Å². The molecule has 11 heteroatoms. The van der Waals surface area contributed by atoms with Crippen molar-refractivity contribution in [3.8, 4) is 0 Å². The zero-order chi connectivity index (χ0) is 13.1. The molecular formula is C4HCl2F9. The number of alkyl halides is 11. The first-order valence-corrected chi connectivity index (χ1v) is 3.43. The quantitative estimate of drug-likeness (QED) is 0.456. The lowest BCUT2D eigenvalue weighted by atomic mass is 10.7. The molecular weight excluding hydrogens is 290 g/mol. The zero-order valence-corrected chi connectivity index (χ0v) is 7.75. The Morgan fingerprint density at radius 3 is 0.867 bits per heavy atom. The van der Waals surface area contributed by atoms with Crippen LogP contribution in [0.1, 0.15) is 0 Å². The van der Waals surface area contributed by atoms with E-state index in [2.05, 4.69) is 23.2 Å². The maximum Gasteiger partial charge on any atom is 0.452 e. The molecule has 0 aromatic carbocycles. The van der Waals surface area contributed by atoms with Gasteiger partial charge in [-0.1, -0.05) is 23.2 Å². The second-order valence-corrected chi connectivity index (χ2v) is 3.07. The highest BCUT2D eigenvalue weighted by molar-refractivity contribution is 6.47. The first-order valence-electron chi connectivity index (χ1n) is 2.68. The molecule has 0 spiro atoms. The van der Waals surface area contributed by atoms with Crippen LogP contribution in [-0.2, 0) is 0 Å². The summed E-state index contributed by atoms with van der Waals surface area (Å²) in [5.41, 5.74) is 0. The second-order valence-electron chi connectivity index (χ2n) is 1.84. The van der Waals surface area contributed by atoms with Gasteiger partial charge in [-0.2, -0.15) is 30.7 Å². The third kappa shape index (κ3) is 8.91. The van der Waals surface area contributed by atoms with E-state index in [1.807, 2.05) is 0 Å². The fourth-order valence-corrected chi connectivity index (χ4v) is 0. The summed E-state index contributed by atoms with van der Waals surface area (Å²) in [6, 6.07) is 0. The number of hydrogen-bond acceptors (Lipinski definition) is 0. The first-order chi connectivity index (χ1) is 6.19. The molecule has 0 saturated heterocycles. The van der Waals surface area contributed by atoms with Crippen LogP contribution in [0, 0.1) is 0 Å². The van der Waals surface area contributed by atoms with Crippen molar-refractivity contribution in [1.29, 1.82) is 0 Å². The van der Waals surface area contributed by atoms with Gasteiger partial charge in [0.25, 0.3) is 0 Å². The molecule has 0 fully saturated rings. The molecule has 0 aromatic heterocycles. The van der Waals surface area contributed by atoms with E-state index in [1.165, 1.54) is 0 Å². The third-order valence-corrected chi connectivity index (χ3v) is 0.997. The van der Waals surface area contributed by atoms with E-state index in [-0.39, 0.29) is 0 Å². The molecule has 0 nitrogen and oxygen atoms in total. The Morgan fingerprint density at radius 1 is 0.733 bits per heavy atom. The van der Waals surface area contributed by atoms with E-state index in [1.54, 1.807) is 0 Å². The highest BCUT2D eigenvalue weighted by Crippen LogP contribution is 2.40. The molecule has 94 valence electrons. The van der Waals surface area contributed by atoms with E-state index in [9.17, 15) is 39.5 Å². The van der Waals surface area contributed by atoms with Crippen molar-refractivity contribution in [2.75, 3.05) is 0 Å². The van der Waals surface area contributed by atoms with Gasteiger partial charge in [-0.05, 0) is 0 Å². The van der Waals surface area contributed by atoms with Crippen molar-refractivity contribution in [2.45, 2.75) is 23.4 Å². The summed E-state index contributed by atoms with van der Waals surface area (Å²) in [5.74, 6) is 0. The number of rotatable bonds is 0. The van der Waals surface area contributed by atoms with Gasteiger partial charge in [0.15, 0.2) is 0 Å². The fraction of sp³-hybridized carbons (Fsp3) is 1.00. The Kier molecular flexibility index (Phi) is 6.16. The molecule has 0 aliphatic rings. The summed E-state index contributed by atoms with van der Waals surface area (Å²) >= 11 is 7.97. The molecule has 0 atom stereocenters. The normalized spacial score (nSPS) is 13.6. The van der Waals surface area contributed by atoms with Crippen LogP contribution >= 0.6 is 23.2 Å². The molecule has 0 bridgehead atoms. The van der Waals surface area contributed by atoms with Gasteiger partial charge in [-0.15, -0.1) is 0 Å². The van der Waals surface area contributed by atoms with Crippen LogP contribution in [0.2, 0.25) is 0 Å². The maximum atomic E-state index is 11.3. The Balaban J connectivity index is 0. The van der Waals surface area contributed by atoms with Crippen molar-refractivity contribution in [2.24, 2.45) is 0 Å². The zero-order valence-electron chi connectivity index (χ0n) is 6.23. The number of hydrogen-bond donors (Lipinski definition) is 0. The van der Waals surface area contributed by atoms with E-state index < -0.39 is 23.4 Å². The minimum atomic E-state index is -5.33. The largest absolute Gasteiger partial charge is 0.452 e. The summed E-state index contributed by atoms with van der Waals surface area (Å²) in [4.78, 5) is 0. The minimum Gasteiger partial charge on any atom is -0.200 e. The topological polar surface area (TPSA) is 0 Å². The molecule has 0 N–H and O–H groups in total. The molecule has 15 heavy (non-hydrogen) atoms. The van der Waals surface area contributed by atoms with E-state index >= 15 is 0 Å². The van der Waals surface area contributed by atoms with Crippen LogP contribution in [-0.4, -0.2) is 23.4 Å². The molecule has 0 heterocycles. The SMILES string of the molecule is FC(F)(F)C(F)(Cl)Cl.FC(F)C(F)(F)F. The Labute approximate surface area is 86.9 Å². The van der Waals surface area contributed by atoms with E-state index in [4.69, 9.17) is 0 Å². The molecule has 0 saturated carbocycles. The summed E-state index contributed by atoms with van der Waals surface area (Å²) < 4.78 is 92.1. The predicted octanol–water partition coefficient (Wildman–Crippen LogP) is 4.46.